The van der Waals surface area contributed by atoms with Gasteiger partial charge < -0.3 is 14.2 Å². The average molecular weight is 502 g/mol. The van der Waals surface area contributed by atoms with Crippen LogP contribution in [0.1, 0.15) is 40.2 Å². The van der Waals surface area contributed by atoms with Crippen molar-refractivity contribution >= 4 is 45.3 Å². The van der Waals surface area contributed by atoms with E-state index in [9.17, 15) is 9.59 Å². The molecule has 0 amide bonds. The molecule has 0 spiro atoms. The van der Waals surface area contributed by atoms with Gasteiger partial charge in [0, 0.05) is 29.1 Å². The summed E-state index contributed by atoms with van der Waals surface area (Å²) in [6, 6.07) is 17.4. The molecule has 6 nitrogen and oxygen atoms in total. The van der Waals surface area contributed by atoms with E-state index >= 15 is 0 Å². The molecule has 184 valence electrons. The number of fused-ring (bicyclic) bond motifs is 1. The lowest BCUT2D eigenvalue weighted by Gasteiger charge is -2.09. The highest BCUT2D eigenvalue weighted by atomic mass is 32.1. The van der Waals surface area contributed by atoms with Crippen LogP contribution in [0, 0.1) is 13.8 Å². The zero-order valence-corrected chi connectivity index (χ0v) is 21.7. The topological polar surface area (TPSA) is 74.2 Å². The van der Waals surface area contributed by atoms with Crippen LogP contribution in [0.2, 0.25) is 0 Å². The maximum absolute atomic E-state index is 13.1. The van der Waals surface area contributed by atoms with E-state index < -0.39 is 11.9 Å². The van der Waals surface area contributed by atoms with Crippen molar-refractivity contribution in [3.63, 3.8) is 0 Å². The van der Waals surface area contributed by atoms with E-state index in [0.29, 0.717) is 21.9 Å². The molecular weight excluding hydrogens is 474 g/mol. The maximum atomic E-state index is 13.1. The van der Waals surface area contributed by atoms with E-state index in [2.05, 4.69) is 11.1 Å². The molecule has 0 aliphatic heterocycles. The molecule has 1 aromatic heterocycles. The van der Waals surface area contributed by atoms with Gasteiger partial charge in [-0.15, -0.1) is 11.3 Å². The SMILES string of the molecule is CCOC(=O)c1c(N=Cc2cc(C)ccc2OC(C)=O)sc(C)c1-c1ccc2cc(OC)ccc2c1. The number of carbonyl (C=O) groups excluding carboxylic acids is 2. The first kappa shape index (κ1) is 25.1. The summed E-state index contributed by atoms with van der Waals surface area (Å²) in [4.78, 5) is 30.3. The Kier molecular flexibility index (Phi) is 7.50. The number of aryl methyl sites for hydroxylation is 2. The number of rotatable bonds is 7. The molecule has 4 aromatic rings. The van der Waals surface area contributed by atoms with Crippen molar-refractivity contribution in [1.29, 1.82) is 0 Å². The highest BCUT2D eigenvalue weighted by molar-refractivity contribution is 7.16. The van der Waals surface area contributed by atoms with E-state index in [1.165, 1.54) is 18.3 Å². The highest BCUT2D eigenvalue weighted by Gasteiger charge is 2.24. The summed E-state index contributed by atoms with van der Waals surface area (Å²) in [6.45, 7) is 7.30. The van der Waals surface area contributed by atoms with Crippen molar-refractivity contribution in [2.24, 2.45) is 4.99 Å². The molecule has 0 atom stereocenters. The summed E-state index contributed by atoms with van der Waals surface area (Å²) >= 11 is 1.42. The molecule has 4 rings (SSSR count). The number of esters is 2. The lowest BCUT2D eigenvalue weighted by Crippen LogP contribution is -2.06. The van der Waals surface area contributed by atoms with Crippen molar-refractivity contribution in [3.05, 3.63) is 76.2 Å². The molecule has 1 heterocycles. The zero-order valence-electron chi connectivity index (χ0n) is 20.9. The van der Waals surface area contributed by atoms with Gasteiger partial charge in [0.1, 0.15) is 22.1 Å². The zero-order chi connectivity index (χ0) is 25.8. The first-order valence-electron chi connectivity index (χ1n) is 11.5. The third-order valence-electron chi connectivity index (χ3n) is 5.62. The number of methoxy groups -OCH3 is 1. The van der Waals surface area contributed by atoms with Crippen LogP contribution in [0.4, 0.5) is 5.00 Å². The molecule has 0 fully saturated rings. The van der Waals surface area contributed by atoms with Gasteiger partial charge in [0.25, 0.3) is 0 Å². The van der Waals surface area contributed by atoms with Crippen LogP contribution >= 0.6 is 11.3 Å². The fourth-order valence-electron chi connectivity index (χ4n) is 4.01. The smallest absolute Gasteiger partial charge is 0.341 e. The molecule has 0 radical (unpaired) electrons. The Morgan fingerprint density at radius 2 is 1.75 bits per heavy atom. The van der Waals surface area contributed by atoms with Gasteiger partial charge in [-0.1, -0.05) is 29.8 Å². The van der Waals surface area contributed by atoms with E-state index in [1.807, 2.05) is 56.3 Å². The predicted molar refractivity (Wildman–Crippen MR) is 144 cm³/mol. The van der Waals surface area contributed by atoms with Crippen LogP contribution in [0.5, 0.6) is 11.5 Å². The second-order valence-electron chi connectivity index (χ2n) is 8.25. The van der Waals surface area contributed by atoms with Crippen LogP contribution in [0.15, 0.2) is 59.6 Å². The normalized spacial score (nSPS) is 11.1. The van der Waals surface area contributed by atoms with Gasteiger partial charge in [-0.3, -0.25) is 4.79 Å². The Morgan fingerprint density at radius 1 is 1.00 bits per heavy atom. The number of hydrogen-bond acceptors (Lipinski definition) is 7. The number of nitrogens with zero attached hydrogens (tertiary/aromatic N) is 1. The third kappa shape index (κ3) is 5.31. The molecule has 0 saturated carbocycles. The van der Waals surface area contributed by atoms with Gasteiger partial charge in [0.15, 0.2) is 0 Å². The van der Waals surface area contributed by atoms with Crippen molar-refractivity contribution in [2.75, 3.05) is 13.7 Å². The van der Waals surface area contributed by atoms with E-state index in [4.69, 9.17) is 14.2 Å². The van der Waals surface area contributed by atoms with Gasteiger partial charge in [0.2, 0.25) is 0 Å². The number of thiophene rings is 1. The number of hydrogen-bond donors (Lipinski definition) is 0. The van der Waals surface area contributed by atoms with E-state index in [1.54, 1.807) is 26.3 Å². The third-order valence-corrected chi connectivity index (χ3v) is 6.63. The van der Waals surface area contributed by atoms with Crippen LogP contribution in [0.3, 0.4) is 0 Å². The number of ether oxygens (including phenoxy) is 3. The molecule has 3 aromatic carbocycles. The lowest BCUT2D eigenvalue weighted by atomic mass is 9.98. The summed E-state index contributed by atoms with van der Waals surface area (Å²) in [5.74, 6) is 0.357. The monoisotopic (exact) mass is 501 g/mol. The molecule has 0 unspecified atom stereocenters. The van der Waals surface area contributed by atoms with Gasteiger partial charge in [0.05, 0.1) is 13.7 Å². The average Bonchev–Trinajstić information content (AvgIpc) is 3.19. The molecular formula is C29H27NO5S. The van der Waals surface area contributed by atoms with E-state index in [-0.39, 0.29) is 6.61 Å². The number of benzene rings is 3. The van der Waals surface area contributed by atoms with Crippen LogP contribution in [-0.4, -0.2) is 31.9 Å². The summed E-state index contributed by atoms with van der Waals surface area (Å²) in [7, 11) is 1.64. The Balaban J connectivity index is 1.83. The standard InChI is InChI=1S/C29H27NO5S/c1-6-34-29(32)27-26(22-9-8-21-15-24(33-5)11-10-20(21)14-22)18(3)36-28(27)30-16-23-13-17(2)7-12-25(23)35-19(4)31/h7-16H,6H2,1-5H3. The maximum Gasteiger partial charge on any atom is 0.341 e. The highest BCUT2D eigenvalue weighted by Crippen LogP contribution is 2.43. The quantitative estimate of drug-likeness (QED) is 0.154. The van der Waals surface area contributed by atoms with Crippen LogP contribution in [-0.2, 0) is 9.53 Å². The second kappa shape index (κ2) is 10.7. The fourth-order valence-corrected chi connectivity index (χ4v) is 5.02. The minimum atomic E-state index is -0.428. The molecule has 0 N–H and O–H groups in total. The molecule has 0 aliphatic rings. The summed E-state index contributed by atoms with van der Waals surface area (Å²) in [5.41, 5.74) is 3.76. The second-order valence-corrected chi connectivity index (χ2v) is 9.46. The summed E-state index contributed by atoms with van der Waals surface area (Å²) in [6.07, 6.45) is 1.62. The predicted octanol–water partition coefficient (Wildman–Crippen LogP) is 7.05. The Labute approximate surface area is 214 Å². The van der Waals surface area contributed by atoms with E-state index in [0.717, 1.165) is 38.1 Å². The fraction of sp³-hybridized carbons (Fsp3) is 0.207. The minimum Gasteiger partial charge on any atom is -0.497 e. The lowest BCUT2D eigenvalue weighted by molar-refractivity contribution is -0.131. The molecule has 0 aliphatic carbocycles. The minimum absolute atomic E-state index is 0.252. The Morgan fingerprint density at radius 3 is 2.47 bits per heavy atom. The van der Waals surface area contributed by atoms with Crippen molar-refractivity contribution < 1.29 is 23.8 Å². The molecule has 0 saturated heterocycles. The van der Waals surface area contributed by atoms with Crippen molar-refractivity contribution in [3.8, 4) is 22.6 Å². The van der Waals surface area contributed by atoms with Gasteiger partial charge in [-0.05, 0) is 67.4 Å². The Hall–Kier alpha value is -3.97. The first-order valence-corrected chi connectivity index (χ1v) is 12.3. The van der Waals surface area contributed by atoms with Crippen molar-refractivity contribution in [2.45, 2.75) is 27.7 Å². The molecule has 36 heavy (non-hydrogen) atoms. The van der Waals surface area contributed by atoms with Crippen LogP contribution in [0.25, 0.3) is 21.9 Å². The number of aliphatic imine (C=N–C) groups is 1. The molecule has 7 heteroatoms. The first-order chi connectivity index (χ1) is 17.3. The summed E-state index contributed by atoms with van der Waals surface area (Å²) in [5, 5.41) is 2.61. The van der Waals surface area contributed by atoms with Crippen molar-refractivity contribution in [1.82, 2.24) is 0 Å². The Bertz CT molecular complexity index is 1480. The largest absolute Gasteiger partial charge is 0.497 e. The number of carbonyl (C=O) groups is 2. The van der Waals surface area contributed by atoms with Crippen LogP contribution < -0.4 is 9.47 Å². The van der Waals surface area contributed by atoms with Gasteiger partial charge >= 0.3 is 11.9 Å². The van der Waals surface area contributed by atoms with Gasteiger partial charge in [-0.2, -0.15) is 0 Å². The molecule has 0 bridgehead atoms. The summed E-state index contributed by atoms with van der Waals surface area (Å²) < 4.78 is 16.1. The van der Waals surface area contributed by atoms with Gasteiger partial charge in [-0.25, -0.2) is 9.79 Å².